The monoisotopic (exact) mass is 354 g/mol. The molecule has 0 saturated carbocycles. The summed E-state index contributed by atoms with van der Waals surface area (Å²) in [6.07, 6.45) is 2.70. The number of piperidine rings is 1. The number of hydrogen-bond donors (Lipinski definition) is 1. The smallest absolute Gasteiger partial charge is 0.228 e. The molecule has 5 nitrogen and oxygen atoms in total. The second-order valence-electron chi connectivity index (χ2n) is 6.97. The number of likely N-dealkylation sites (tertiary alicyclic amines) is 1. The highest BCUT2D eigenvalue weighted by Gasteiger charge is 2.42. The predicted molar refractivity (Wildman–Crippen MR) is 89.5 cm³/mol. The van der Waals surface area contributed by atoms with E-state index in [2.05, 4.69) is 0 Å². The normalized spacial score (nSPS) is 29.6. The molecule has 0 aromatic heterocycles. The number of hydrogen-bond acceptors (Lipinski definition) is 4. The average molecular weight is 354 g/mol. The molecular weight excluding hydrogens is 331 g/mol. The molecule has 1 aromatic carbocycles. The Morgan fingerprint density at radius 1 is 1.25 bits per heavy atom. The fraction of sp³-hybridized carbons (Fsp3) is 0.588. The highest BCUT2D eigenvalue weighted by Crippen LogP contribution is 2.25. The lowest BCUT2D eigenvalue weighted by Gasteiger charge is -2.35. The van der Waals surface area contributed by atoms with Gasteiger partial charge >= 0.3 is 0 Å². The first kappa shape index (κ1) is 17.4. The van der Waals surface area contributed by atoms with Gasteiger partial charge in [-0.1, -0.05) is 12.1 Å². The van der Waals surface area contributed by atoms with E-state index in [9.17, 15) is 17.6 Å². The molecule has 0 radical (unpaired) electrons. The highest BCUT2D eigenvalue weighted by atomic mass is 32.2. The number of sulfone groups is 1. The van der Waals surface area contributed by atoms with E-state index < -0.39 is 21.8 Å². The Morgan fingerprint density at radius 3 is 2.58 bits per heavy atom. The van der Waals surface area contributed by atoms with Crippen molar-refractivity contribution < 1.29 is 17.6 Å². The quantitative estimate of drug-likeness (QED) is 0.877. The summed E-state index contributed by atoms with van der Waals surface area (Å²) in [4.78, 5) is 14.4. The minimum Gasteiger partial charge on any atom is -0.342 e. The van der Waals surface area contributed by atoms with Crippen LogP contribution in [0.3, 0.4) is 0 Å². The summed E-state index contributed by atoms with van der Waals surface area (Å²) in [6, 6.07) is 5.85. The van der Waals surface area contributed by atoms with Crippen LogP contribution in [0, 0.1) is 17.7 Å². The second kappa shape index (κ2) is 6.80. The van der Waals surface area contributed by atoms with Gasteiger partial charge in [0.05, 0.1) is 17.4 Å². The lowest BCUT2D eigenvalue weighted by Crippen LogP contribution is -2.47. The topological polar surface area (TPSA) is 80.5 Å². The number of halogens is 1. The highest BCUT2D eigenvalue weighted by molar-refractivity contribution is 7.91. The number of carbonyl (C=O) groups is 1. The van der Waals surface area contributed by atoms with Crippen molar-refractivity contribution in [1.82, 2.24) is 4.90 Å². The maximum absolute atomic E-state index is 13.0. The van der Waals surface area contributed by atoms with Crippen molar-refractivity contribution in [2.45, 2.75) is 25.3 Å². The van der Waals surface area contributed by atoms with E-state index >= 15 is 0 Å². The van der Waals surface area contributed by atoms with E-state index in [1.807, 2.05) is 0 Å². The first-order valence-corrected chi connectivity index (χ1v) is 10.2. The minimum atomic E-state index is -3.20. The fourth-order valence-electron chi connectivity index (χ4n) is 3.75. The van der Waals surface area contributed by atoms with Crippen molar-refractivity contribution in [3.63, 3.8) is 0 Å². The van der Waals surface area contributed by atoms with Gasteiger partial charge in [-0.2, -0.15) is 0 Å². The Morgan fingerprint density at radius 2 is 1.96 bits per heavy atom. The zero-order valence-corrected chi connectivity index (χ0v) is 14.3. The maximum Gasteiger partial charge on any atom is 0.228 e. The van der Waals surface area contributed by atoms with Gasteiger partial charge < -0.3 is 10.6 Å². The molecule has 2 N–H and O–H groups in total. The zero-order chi connectivity index (χ0) is 17.3. The summed E-state index contributed by atoms with van der Waals surface area (Å²) in [5, 5.41) is 0. The Labute approximate surface area is 141 Å². The molecule has 2 saturated heterocycles. The SMILES string of the molecule is N[C@@H]1CS(=O)(=O)C[C@H]1C(=O)N1CCCC(Cc2ccc(F)cc2)C1. The minimum absolute atomic E-state index is 0.101. The molecular formula is C17H23FN2O3S. The van der Waals surface area contributed by atoms with E-state index in [-0.39, 0.29) is 23.2 Å². The van der Waals surface area contributed by atoms with Crippen LogP contribution in [0.4, 0.5) is 4.39 Å². The summed E-state index contributed by atoms with van der Waals surface area (Å²) < 4.78 is 36.4. The van der Waals surface area contributed by atoms with Crippen molar-refractivity contribution in [2.75, 3.05) is 24.6 Å². The van der Waals surface area contributed by atoms with Gasteiger partial charge in [0, 0.05) is 19.1 Å². The number of nitrogens with two attached hydrogens (primary N) is 1. The molecule has 0 bridgehead atoms. The number of benzene rings is 1. The van der Waals surface area contributed by atoms with Crippen molar-refractivity contribution >= 4 is 15.7 Å². The van der Waals surface area contributed by atoms with Gasteiger partial charge in [-0.15, -0.1) is 0 Å². The van der Waals surface area contributed by atoms with Crippen molar-refractivity contribution in [3.05, 3.63) is 35.6 Å². The van der Waals surface area contributed by atoms with Gasteiger partial charge in [0.25, 0.3) is 0 Å². The van der Waals surface area contributed by atoms with E-state index in [1.54, 1.807) is 17.0 Å². The molecule has 2 fully saturated rings. The van der Waals surface area contributed by atoms with Gasteiger partial charge in [-0.05, 0) is 42.9 Å². The van der Waals surface area contributed by atoms with Gasteiger partial charge in [-0.3, -0.25) is 4.79 Å². The van der Waals surface area contributed by atoms with Crippen molar-refractivity contribution in [3.8, 4) is 0 Å². The first-order valence-electron chi connectivity index (χ1n) is 8.33. The van der Waals surface area contributed by atoms with E-state index in [1.165, 1.54) is 12.1 Å². The molecule has 1 unspecified atom stereocenters. The van der Waals surface area contributed by atoms with Crippen molar-refractivity contribution in [1.29, 1.82) is 0 Å². The average Bonchev–Trinajstić information content (AvgIpc) is 2.82. The first-order chi connectivity index (χ1) is 11.3. The van der Waals surface area contributed by atoms with Crippen LogP contribution in [-0.4, -0.2) is 49.9 Å². The summed E-state index contributed by atoms with van der Waals surface area (Å²) >= 11 is 0. The lowest BCUT2D eigenvalue weighted by atomic mass is 9.90. The van der Waals surface area contributed by atoms with Crippen LogP contribution >= 0.6 is 0 Å². The third-order valence-electron chi connectivity index (χ3n) is 4.98. The third kappa shape index (κ3) is 3.95. The largest absolute Gasteiger partial charge is 0.342 e. The molecule has 2 aliphatic rings. The summed E-state index contributed by atoms with van der Waals surface area (Å²) in [6.45, 7) is 1.27. The summed E-state index contributed by atoms with van der Waals surface area (Å²) in [7, 11) is -3.20. The number of carbonyl (C=O) groups excluding carboxylic acids is 1. The number of amides is 1. The Kier molecular flexibility index (Phi) is 4.92. The molecule has 0 aliphatic carbocycles. The standard InChI is InChI=1S/C17H23FN2O3S/c18-14-5-3-12(4-6-14)8-13-2-1-7-20(9-13)17(21)15-10-24(22,23)11-16(15)19/h3-6,13,15-16H,1-2,7-11,19H2/t13?,15-,16-/m1/s1. The molecule has 24 heavy (non-hydrogen) atoms. The van der Waals surface area contributed by atoms with E-state index in [0.29, 0.717) is 19.0 Å². The molecule has 7 heteroatoms. The second-order valence-corrected chi connectivity index (χ2v) is 9.12. The molecule has 1 aromatic rings. The molecule has 0 spiro atoms. The molecule has 1 amide bonds. The lowest BCUT2D eigenvalue weighted by molar-refractivity contribution is -0.136. The zero-order valence-electron chi connectivity index (χ0n) is 13.5. The maximum atomic E-state index is 13.0. The van der Waals surface area contributed by atoms with Gasteiger partial charge in [0.1, 0.15) is 5.82 Å². The predicted octanol–water partition coefficient (Wildman–Crippen LogP) is 0.979. The van der Waals surface area contributed by atoms with E-state index in [0.717, 1.165) is 24.8 Å². The molecule has 2 heterocycles. The molecule has 3 atom stereocenters. The van der Waals surface area contributed by atoms with Gasteiger partial charge in [0.2, 0.25) is 5.91 Å². The van der Waals surface area contributed by atoms with Crippen LogP contribution in [0.2, 0.25) is 0 Å². The van der Waals surface area contributed by atoms with Gasteiger partial charge in [-0.25, -0.2) is 12.8 Å². The Balaban J connectivity index is 1.63. The van der Waals surface area contributed by atoms with Crippen LogP contribution in [0.15, 0.2) is 24.3 Å². The van der Waals surface area contributed by atoms with Crippen LogP contribution in [0.5, 0.6) is 0 Å². The Bertz CT molecular complexity index is 705. The summed E-state index contributed by atoms with van der Waals surface area (Å²) in [5.74, 6) is -0.924. The fourth-order valence-corrected chi connectivity index (χ4v) is 5.64. The molecule has 2 aliphatic heterocycles. The van der Waals surface area contributed by atoms with Crippen LogP contribution in [-0.2, 0) is 21.1 Å². The summed E-state index contributed by atoms with van der Waals surface area (Å²) in [5.41, 5.74) is 6.92. The van der Waals surface area contributed by atoms with Crippen LogP contribution in [0.25, 0.3) is 0 Å². The van der Waals surface area contributed by atoms with Crippen LogP contribution in [0.1, 0.15) is 18.4 Å². The number of nitrogens with zero attached hydrogens (tertiary/aromatic N) is 1. The van der Waals surface area contributed by atoms with Gasteiger partial charge in [0.15, 0.2) is 9.84 Å². The third-order valence-corrected chi connectivity index (χ3v) is 6.74. The Hall–Kier alpha value is -1.47. The van der Waals surface area contributed by atoms with E-state index in [4.69, 9.17) is 5.73 Å². The van der Waals surface area contributed by atoms with Crippen molar-refractivity contribution in [2.24, 2.45) is 17.6 Å². The number of rotatable bonds is 3. The molecule has 132 valence electrons. The van der Waals surface area contributed by atoms with Crippen LogP contribution < -0.4 is 5.73 Å². The molecule has 3 rings (SSSR count).